The normalized spacial score (nSPS) is 10.4. The van der Waals surface area contributed by atoms with Gasteiger partial charge >= 0.3 is 11.7 Å². The minimum atomic E-state index is -0.631. The van der Waals surface area contributed by atoms with Gasteiger partial charge in [0.25, 0.3) is 5.69 Å². The van der Waals surface area contributed by atoms with Crippen LogP contribution in [0, 0.1) is 10.1 Å². The number of non-ortho nitro benzene ring substituents is 1. The van der Waals surface area contributed by atoms with Crippen LogP contribution in [0.4, 0.5) is 5.69 Å². The highest BCUT2D eigenvalue weighted by Gasteiger charge is 2.12. The Hall–Kier alpha value is -2.44. The van der Waals surface area contributed by atoms with Crippen LogP contribution in [0.2, 0.25) is 0 Å². The first-order valence-electron chi connectivity index (χ1n) is 4.84. The Morgan fingerprint density at radius 2 is 2.29 bits per heavy atom. The maximum Gasteiger partial charge on any atom is 0.397 e. The first-order valence-corrected chi connectivity index (χ1v) is 4.84. The maximum atomic E-state index is 11.5. The molecule has 0 N–H and O–H groups in total. The van der Waals surface area contributed by atoms with Gasteiger partial charge in [-0.25, -0.2) is 4.79 Å². The lowest BCUT2D eigenvalue weighted by molar-refractivity contribution is -0.384. The largest absolute Gasteiger partial charge is 0.450 e. The predicted octanol–water partition coefficient (Wildman–Crippen LogP) is 1.49. The summed E-state index contributed by atoms with van der Waals surface area (Å²) in [5.41, 5.74) is -0.592. The number of aromatic nitrogens is 1. The minimum Gasteiger partial charge on any atom is -0.450 e. The van der Waals surface area contributed by atoms with Gasteiger partial charge in [0.2, 0.25) is 0 Å². The molecule has 1 aromatic carbocycles. The quantitative estimate of drug-likeness (QED) is 0.591. The molecule has 0 saturated heterocycles. The summed E-state index contributed by atoms with van der Waals surface area (Å²) in [6, 6.07) is 3.73. The van der Waals surface area contributed by atoms with Crippen molar-refractivity contribution in [1.29, 1.82) is 0 Å². The molecule has 88 valence electrons. The van der Waals surface area contributed by atoms with Gasteiger partial charge in [-0.1, -0.05) is 0 Å². The van der Waals surface area contributed by atoms with E-state index in [0.717, 1.165) is 0 Å². The molecule has 0 bridgehead atoms. The lowest BCUT2D eigenvalue weighted by Gasteiger charge is -2.00. The fourth-order valence-electron chi connectivity index (χ4n) is 1.34. The maximum absolute atomic E-state index is 11.5. The summed E-state index contributed by atoms with van der Waals surface area (Å²) >= 11 is 0. The second kappa shape index (κ2) is 4.20. The van der Waals surface area contributed by atoms with E-state index in [2.05, 4.69) is 4.98 Å². The van der Waals surface area contributed by atoms with Gasteiger partial charge < -0.3 is 9.15 Å². The van der Waals surface area contributed by atoms with Crippen LogP contribution in [0.25, 0.3) is 10.9 Å². The summed E-state index contributed by atoms with van der Waals surface area (Å²) in [5, 5.41) is 10.8. The molecule has 0 unspecified atom stereocenters. The zero-order chi connectivity index (χ0) is 12.4. The summed E-state index contributed by atoms with van der Waals surface area (Å²) in [5.74, 6) is 0. The van der Waals surface area contributed by atoms with Crippen molar-refractivity contribution in [2.75, 3.05) is 6.61 Å². The first-order chi connectivity index (χ1) is 8.11. The Morgan fingerprint density at radius 1 is 1.53 bits per heavy atom. The molecule has 0 aliphatic rings. The molecule has 0 saturated carbocycles. The van der Waals surface area contributed by atoms with E-state index in [1.54, 1.807) is 6.92 Å². The molecule has 1 aromatic heterocycles. The van der Waals surface area contributed by atoms with Gasteiger partial charge in [-0.3, -0.25) is 10.1 Å². The molecule has 0 aliphatic heterocycles. The Labute approximate surface area is 94.8 Å². The summed E-state index contributed by atoms with van der Waals surface area (Å²) in [7, 11) is 0. The van der Waals surface area contributed by atoms with Gasteiger partial charge in [0.1, 0.15) is 0 Å². The van der Waals surface area contributed by atoms with E-state index in [1.165, 1.54) is 18.2 Å². The van der Waals surface area contributed by atoms with Gasteiger partial charge in [-0.15, -0.1) is 0 Å². The van der Waals surface area contributed by atoms with Crippen LogP contribution < -0.4 is 10.4 Å². The molecule has 17 heavy (non-hydrogen) atoms. The molecular weight excluding hydrogens is 228 g/mol. The van der Waals surface area contributed by atoms with E-state index in [0.29, 0.717) is 0 Å². The number of hydrogen-bond donors (Lipinski definition) is 0. The van der Waals surface area contributed by atoms with Crippen molar-refractivity contribution in [3.63, 3.8) is 0 Å². The number of benzene rings is 1. The summed E-state index contributed by atoms with van der Waals surface area (Å²) < 4.78 is 9.72. The number of fused-ring (bicyclic) bond motifs is 1. The minimum absolute atomic E-state index is 0.141. The third-order valence-electron chi connectivity index (χ3n) is 2.07. The topological polar surface area (TPSA) is 95.5 Å². The van der Waals surface area contributed by atoms with E-state index in [1.807, 2.05) is 0 Å². The monoisotopic (exact) mass is 236 g/mol. The molecule has 2 aromatic rings. The average Bonchev–Trinajstić information content (AvgIpc) is 2.28. The lowest BCUT2D eigenvalue weighted by Crippen LogP contribution is -2.05. The van der Waals surface area contributed by atoms with Crippen LogP contribution in [-0.2, 0) is 0 Å². The van der Waals surface area contributed by atoms with E-state index in [9.17, 15) is 14.9 Å². The van der Waals surface area contributed by atoms with Crippen molar-refractivity contribution in [2.45, 2.75) is 6.92 Å². The fourth-order valence-corrected chi connectivity index (χ4v) is 1.34. The molecule has 7 nitrogen and oxygen atoms in total. The summed E-state index contributed by atoms with van der Waals surface area (Å²) in [6.45, 7) is 2.00. The third kappa shape index (κ3) is 2.07. The molecule has 0 radical (unpaired) electrons. The highest BCUT2D eigenvalue weighted by Crippen LogP contribution is 2.18. The number of nitro benzene ring substituents is 1. The number of hydrogen-bond acceptors (Lipinski definition) is 6. The number of nitrogens with zero attached hydrogens (tertiary/aromatic N) is 2. The molecule has 0 spiro atoms. The average molecular weight is 236 g/mol. The van der Waals surface area contributed by atoms with E-state index < -0.39 is 10.5 Å². The second-order valence-corrected chi connectivity index (χ2v) is 3.16. The van der Waals surface area contributed by atoms with Gasteiger partial charge in [0.15, 0.2) is 0 Å². The standard InChI is InChI=1S/C10H8N2O5/c1-2-16-10-11-8-5-6(12(14)15)3-4-7(8)9(13)17-10/h3-5H,2H2,1H3. The highest BCUT2D eigenvalue weighted by molar-refractivity contribution is 5.79. The highest BCUT2D eigenvalue weighted by atomic mass is 16.6. The van der Waals surface area contributed by atoms with Crippen molar-refractivity contribution >= 4 is 16.6 Å². The molecule has 0 fully saturated rings. The van der Waals surface area contributed by atoms with Crippen molar-refractivity contribution in [3.8, 4) is 6.08 Å². The van der Waals surface area contributed by atoms with Crippen LogP contribution in [0.3, 0.4) is 0 Å². The van der Waals surface area contributed by atoms with Crippen molar-refractivity contribution in [3.05, 3.63) is 38.7 Å². The number of nitro groups is 1. The summed E-state index contributed by atoms with van der Waals surface area (Å²) in [4.78, 5) is 25.4. The van der Waals surface area contributed by atoms with E-state index in [-0.39, 0.29) is 29.3 Å². The van der Waals surface area contributed by atoms with Crippen LogP contribution in [0.1, 0.15) is 6.92 Å². The first kappa shape index (κ1) is 11.1. The third-order valence-corrected chi connectivity index (χ3v) is 2.07. The Morgan fingerprint density at radius 3 is 2.94 bits per heavy atom. The number of ether oxygens (including phenoxy) is 1. The van der Waals surface area contributed by atoms with Crippen molar-refractivity contribution in [2.24, 2.45) is 0 Å². The van der Waals surface area contributed by atoms with Crippen LogP contribution in [-0.4, -0.2) is 16.5 Å². The number of rotatable bonds is 3. The fraction of sp³-hybridized carbons (Fsp3) is 0.200. The summed E-state index contributed by atoms with van der Waals surface area (Å²) in [6.07, 6.45) is -0.189. The van der Waals surface area contributed by atoms with Gasteiger partial charge in [-0.2, -0.15) is 4.98 Å². The Balaban J connectivity index is 2.66. The zero-order valence-electron chi connectivity index (χ0n) is 8.87. The smallest absolute Gasteiger partial charge is 0.397 e. The molecular formula is C10H8N2O5. The second-order valence-electron chi connectivity index (χ2n) is 3.16. The SMILES string of the molecule is CCOc1nc2cc([N+](=O)[O-])ccc2c(=O)o1. The van der Waals surface area contributed by atoms with Gasteiger partial charge in [0, 0.05) is 12.1 Å². The van der Waals surface area contributed by atoms with E-state index in [4.69, 9.17) is 9.15 Å². The van der Waals surface area contributed by atoms with Gasteiger partial charge in [0.05, 0.1) is 22.4 Å². The molecule has 2 rings (SSSR count). The van der Waals surface area contributed by atoms with E-state index >= 15 is 0 Å². The predicted molar refractivity (Wildman–Crippen MR) is 58.1 cm³/mol. The molecule has 7 heteroatoms. The Kier molecular flexibility index (Phi) is 2.73. The molecule has 0 amide bonds. The molecule has 0 aliphatic carbocycles. The van der Waals surface area contributed by atoms with Crippen LogP contribution in [0.15, 0.2) is 27.4 Å². The molecule has 0 atom stereocenters. The van der Waals surface area contributed by atoms with Crippen LogP contribution >= 0.6 is 0 Å². The molecule has 1 heterocycles. The van der Waals surface area contributed by atoms with Crippen molar-refractivity contribution in [1.82, 2.24) is 4.98 Å². The zero-order valence-corrected chi connectivity index (χ0v) is 8.87. The van der Waals surface area contributed by atoms with Crippen LogP contribution in [0.5, 0.6) is 6.08 Å². The van der Waals surface area contributed by atoms with Gasteiger partial charge in [-0.05, 0) is 13.0 Å². The lowest BCUT2D eigenvalue weighted by atomic mass is 10.2. The van der Waals surface area contributed by atoms with Crippen molar-refractivity contribution < 1.29 is 14.1 Å². The Bertz CT molecular complexity index is 634.